The van der Waals surface area contributed by atoms with E-state index in [4.69, 9.17) is 5.11 Å². The number of benzene rings is 1. The first kappa shape index (κ1) is 16.5. The Balaban J connectivity index is 3.28. The number of halogens is 2. The molecule has 1 unspecified atom stereocenters. The van der Waals surface area contributed by atoms with Crippen LogP contribution in [0.4, 0.5) is 8.78 Å². The zero-order chi connectivity index (χ0) is 15.5. The quantitative estimate of drug-likeness (QED) is 0.870. The van der Waals surface area contributed by atoms with E-state index < -0.39 is 45.1 Å². The SMILES string of the molecule is CCC(C)N(CC(=O)O)S(=O)(=O)c1ccc(F)c(F)c1. The number of sulfonamides is 1. The number of rotatable bonds is 6. The third kappa shape index (κ3) is 3.51. The highest BCUT2D eigenvalue weighted by Crippen LogP contribution is 2.21. The Morgan fingerprint density at radius 3 is 2.40 bits per heavy atom. The minimum atomic E-state index is -4.20. The van der Waals surface area contributed by atoms with Gasteiger partial charge in [0.2, 0.25) is 10.0 Å². The molecular weight excluding hydrogens is 292 g/mol. The van der Waals surface area contributed by atoms with Crippen LogP contribution in [0, 0.1) is 11.6 Å². The molecule has 0 aliphatic rings. The number of nitrogens with zero attached hydrogens (tertiary/aromatic N) is 1. The number of carbonyl (C=O) groups is 1. The molecule has 1 aromatic carbocycles. The van der Waals surface area contributed by atoms with Crippen molar-refractivity contribution in [3.8, 4) is 0 Å². The summed E-state index contributed by atoms with van der Waals surface area (Å²) in [4.78, 5) is 10.3. The standard InChI is InChI=1S/C12H15F2NO4S/c1-3-8(2)15(7-12(16)17)20(18,19)9-4-5-10(13)11(14)6-9/h4-6,8H,3,7H2,1-2H3,(H,16,17). The highest BCUT2D eigenvalue weighted by Gasteiger charge is 2.30. The van der Waals surface area contributed by atoms with Gasteiger partial charge in [-0.05, 0) is 31.5 Å². The minimum Gasteiger partial charge on any atom is -0.480 e. The molecule has 0 radical (unpaired) electrons. The van der Waals surface area contributed by atoms with Crippen LogP contribution in [-0.2, 0) is 14.8 Å². The minimum absolute atomic E-state index is 0.385. The van der Waals surface area contributed by atoms with Gasteiger partial charge in [0.25, 0.3) is 0 Å². The van der Waals surface area contributed by atoms with Gasteiger partial charge in [0.1, 0.15) is 6.54 Å². The van der Waals surface area contributed by atoms with Crippen molar-refractivity contribution in [3.05, 3.63) is 29.8 Å². The maximum atomic E-state index is 13.1. The largest absolute Gasteiger partial charge is 0.480 e. The van der Waals surface area contributed by atoms with Crippen LogP contribution in [0.15, 0.2) is 23.1 Å². The summed E-state index contributed by atoms with van der Waals surface area (Å²) in [6.45, 7) is 2.50. The summed E-state index contributed by atoms with van der Waals surface area (Å²) in [6, 6.07) is 1.56. The molecule has 0 heterocycles. The summed E-state index contributed by atoms with van der Waals surface area (Å²) in [5, 5.41) is 8.80. The Labute approximate surface area is 115 Å². The first-order chi connectivity index (χ1) is 9.20. The molecule has 0 aromatic heterocycles. The topological polar surface area (TPSA) is 74.7 Å². The molecule has 20 heavy (non-hydrogen) atoms. The second-order valence-corrected chi connectivity index (χ2v) is 6.17. The molecular formula is C12H15F2NO4S. The van der Waals surface area contributed by atoms with Crippen LogP contribution in [0.5, 0.6) is 0 Å². The molecule has 5 nitrogen and oxygen atoms in total. The van der Waals surface area contributed by atoms with Crippen LogP contribution in [0.2, 0.25) is 0 Å². The van der Waals surface area contributed by atoms with Gasteiger partial charge in [0, 0.05) is 6.04 Å². The summed E-state index contributed by atoms with van der Waals surface area (Å²) in [6.07, 6.45) is 0.385. The zero-order valence-corrected chi connectivity index (χ0v) is 11.8. The highest BCUT2D eigenvalue weighted by atomic mass is 32.2. The van der Waals surface area contributed by atoms with Crippen molar-refractivity contribution >= 4 is 16.0 Å². The lowest BCUT2D eigenvalue weighted by Gasteiger charge is -2.26. The first-order valence-corrected chi connectivity index (χ1v) is 7.32. The monoisotopic (exact) mass is 307 g/mol. The zero-order valence-electron chi connectivity index (χ0n) is 11.0. The van der Waals surface area contributed by atoms with Gasteiger partial charge in [-0.2, -0.15) is 4.31 Å². The van der Waals surface area contributed by atoms with Gasteiger partial charge in [0.05, 0.1) is 4.90 Å². The van der Waals surface area contributed by atoms with E-state index in [1.807, 2.05) is 0 Å². The maximum absolute atomic E-state index is 13.1. The van der Waals surface area contributed by atoms with Crippen molar-refractivity contribution in [2.24, 2.45) is 0 Å². The van der Waals surface area contributed by atoms with Crippen molar-refractivity contribution in [1.29, 1.82) is 0 Å². The summed E-state index contributed by atoms with van der Waals surface area (Å²) in [5.74, 6) is -3.79. The third-order valence-corrected chi connectivity index (χ3v) is 4.83. The average Bonchev–Trinajstić information content (AvgIpc) is 2.37. The Morgan fingerprint density at radius 1 is 1.35 bits per heavy atom. The van der Waals surface area contributed by atoms with Crippen molar-refractivity contribution in [3.63, 3.8) is 0 Å². The van der Waals surface area contributed by atoms with E-state index in [-0.39, 0.29) is 0 Å². The molecule has 0 fully saturated rings. The average molecular weight is 307 g/mol. The number of carboxylic acids is 1. The van der Waals surface area contributed by atoms with Crippen LogP contribution >= 0.6 is 0 Å². The molecule has 1 rings (SSSR count). The number of hydrogen-bond donors (Lipinski definition) is 1. The van der Waals surface area contributed by atoms with Gasteiger partial charge in [-0.25, -0.2) is 17.2 Å². The van der Waals surface area contributed by atoms with Gasteiger partial charge < -0.3 is 5.11 Å². The van der Waals surface area contributed by atoms with E-state index in [9.17, 15) is 22.0 Å². The normalized spacial score (nSPS) is 13.4. The smallest absolute Gasteiger partial charge is 0.318 e. The summed E-state index contributed by atoms with van der Waals surface area (Å²) in [7, 11) is -4.20. The Hall–Kier alpha value is -1.54. The van der Waals surface area contributed by atoms with E-state index in [1.54, 1.807) is 13.8 Å². The van der Waals surface area contributed by atoms with E-state index in [0.29, 0.717) is 18.6 Å². The fourth-order valence-electron chi connectivity index (χ4n) is 1.59. The summed E-state index contributed by atoms with van der Waals surface area (Å²) in [5.41, 5.74) is 0. The molecule has 0 saturated heterocycles. The van der Waals surface area contributed by atoms with Crippen LogP contribution in [0.1, 0.15) is 20.3 Å². The fraction of sp³-hybridized carbons (Fsp3) is 0.417. The van der Waals surface area contributed by atoms with Gasteiger partial charge in [-0.1, -0.05) is 6.92 Å². The van der Waals surface area contributed by atoms with Gasteiger partial charge in [-0.15, -0.1) is 0 Å². The van der Waals surface area contributed by atoms with Crippen molar-refractivity contribution in [1.82, 2.24) is 4.31 Å². The first-order valence-electron chi connectivity index (χ1n) is 5.88. The van der Waals surface area contributed by atoms with Crippen LogP contribution in [0.3, 0.4) is 0 Å². The second kappa shape index (κ2) is 6.27. The van der Waals surface area contributed by atoms with Crippen LogP contribution in [-0.4, -0.2) is 36.4 Å². The van der Waals surface area contributed by atoms with E-state index >= 15 is 0 Å². The lowest BCUT2D eigenvalue weighted by Crippen LogP contribution is -2.41. The van der Waals surface area contributed by atoms with Crippen molar-refractivity contribution in [2.45, 2.75) is 31.2 Å². The van der Waals surface area contributed by atoms with E-state index in [2.05, 4.69) is 0 Å². The van der Waals surface area contributed by atoms with E-state index in [0.717, 1.165) is 10.4 Å². The van der Waals surface area contributed by atoms with Crippen LogP contribution in [0.25, 0.3) is 0 Å². The maximum Gasteiger partial charge on any atom is 0.318 e. The van der Waals surface area contributed by atoms with Gasteiger partial charge >= 0.3 is 5.97 Å². The lowest BCUT2D eigenvalue weighted by molar-refractivity contribution is -0.137. The predicted molar refractivity (Wildman–Crippen MR) is 67.6 cm³/mol. The number of aliphatic carboxylic acids is 1. The molecule has 0 spiro atoms. The molecule has 0 aliphatic carbocycles. The lowest BCUT2D eigenvalue weighted by atomic mass is 10.2. The Kier molecular flexibility index (Phi) is 5.18. The van der Waals surface area contributed by atoms with Crippen molar-refractivity contribution < 1.29 is 27.1 Å². The molecule has 0 bridgehead atoms. The van der Waals surface area contributed by atoms with E-state index in [1.165, 1.54) is 0 Å². The molecule has 0 amide bonds. The summed E-state index contributed by atoms with van der Waals surface area (Å²) < 4.78 is 51.4. The fourth-order valence-corrected chi connectivity index (χ4v) is 3.25. The predicted octanol–water partition coefficient (Wildman–Crippen LogP) is 1.84. The Morgan fingerprint density at radius 2 is 1.95 bits per heavy atom. The highest BCUT2D eigenvalue weighted by molar-refractivity contribution is 7.89. The van der Waals surface area contributed by atoms with Crippen molar-refractivity contribution in [2.75, 3.05) is 6.54 Å². The van der Waals surface area contributed by atoms with Crippen LogP contribution < -0.4 is 0 Å². The number of hydrogen-bond acceptors (Lipinski definition) is 3. The van der Waals surface area contributed by atoms with Gasteiger partial charge in [0.15, 0.2) is 11.6 Å². The molecule has 1 atom stereocenters. The number of carboxylic acid groups (broad SMARTS) is 1. The second-order valence-electron chi connectivity index (χ2n) is 4.28. The molecule has 8 heteroatoms. The molecule has 1 aromatic rings. The molecule has 0 aliphatic heterocycles. The Bertz CT molecular complexity index is 603. The molecule has 1 N–H and O–H groups in total. The third-order valence-electron chi connectivity index (χ3n) is 2.87. The summed E-state index contributed by atoms with van der Waals surface area (Å²) >= 11 is 0. The van der Waals surface area contributed by atoms with Gasteiger partial charge in [-0.3, -0.25) is 4.79 Å². The molecule has 112 valence electrons. The molecule has 0 saturated carbocycles.